The highest BCUT2D eigenvalue weighted by molar-refractivity contribution is 6.10. The van der Waals surface area contributed by atoms with E-state index in [-0.39, 0.29) is 18.1 Å². The third-order valence-corrected chi connectivity index (χ3v) is 4.86. The zero-order valence-electron chi connectivity index (χ0n) is 14.9. The van der Waals surface area contributed by atoms with Gasteiger partial charge in [-0.1, -0.05) is 36.4 Å². The summed E-state index contributed by atoms with van der Waals surface area (Å²) in [5.74, 6) is -1.37. The molecule has 0 saturated carbocycles. The molecule has 6 heteroatoms. The lowest BCUT2D eigenvalue weighted by atomic mass is 9.89. The van der Waals surface area contributed by atoms with Crippen molar-refractivity contribution in [1.82, 2.24) is 4.98 Å². The van der Waals surface area contributed by atoms with Gasteiger partial charge in [0, 0.05) is 11.8 Å². The lowest BCUT2D eigenvalue weighted by Gasteiger charge is -2.22. The fraction of sp³-hybridized carbons (Fsp3) is 0.136. The molecule has 1 aliphatic heterocycles. The van der Waals surface area contributed by atoms with Crippen molar-refractivity contribution in [3.8, 4) is 0 Å². The van der Waals surface area contributed by atoms with E-state index in [1.165, 1.54) is 23.2 Å². The molecule has 3 aromatic rings. The number of halogens is 1. The summed E-state index contributed by atoms with van der Waals surface area (Å²) in [5, 5.41) is 11.2. The number of amides is 1. The van der Waals surface area contributed by atoms with Crippen molar-refractivity contribution in [2.45, 2.75) is 18.6 Å². The van der Waals surface area contributed by atoms with Gasteiger partial charge in [-0.2, -0.15) is 0 Å². The van der Waals surface area contributed by atoms with E-state index in [0.717, 1.165) is 0 Å². The highest BCUT2D eigenvalue weighted by Gasteiger charge is 2.50. The minimum absolute atomic E-state index is 0.163. The van der Waals surface area contributed by atoms with Gasteiger partial charge < -0.3 is 10.0 Å². The number of aliphatic hydroxyl groups is 1. The lowest BCUT2D eigenvalue weighted by Crippen LogP contribution is -2.41. The van der Waals surface area contributed by atoms with Crippen molar-refractivity contribution in [2.75, 3.05) is 4.90 Å². The number of nitrogens with zero attached hydrogens (tertiary/aromatic N) is 2. The van der Waals surface area contributed by atoms with E-state index in [4.69, 9.17) is 0 Å². The minimum atomic E-state index is -1.97. The van der Waals surface area contributed by atoms with Gasteiger partial charge in [-0.3, -0.25) is 14.6 Å². The maximum atomic E-state index is 13.2. The molecule has 0 bridgehead atoms. The molecule has 1 atom stereocenters. The van der Waals surface area contributed by atoms with Crippen LogP contribution in [0.5, 0.6) is 0 Å². The van der Waals surface area contributed by atoms with E-state index >= 15 is 0 Å². The molecule has 4 rings (SSSR count). The Bertz CT molecular complexity index is 1040. The van der Waals surface area contributed by atoms with Crippen molar-refractivity contribution < 1.29 is 19.1 Å². The quantitative estimate of drug-likeness (QED) is 0.694. The molecule has 2 aromatic carbocycles. The lowest BCUT2D eigenvalue weighted by molar-refractivity contribution is -0.136. The van der Waals surface area contributed by atoms with Gasteiger partial charge in [0.05, 0.1) is 18.7 Å². The van der Waals surface area contributed by atoms with Crippen LogP contribution in [0.25, 0.3) is 0 Å². The second kappa shape index (κ2) is 6.98. The number of Topliss-reactive ketones (excluding diaryl/α,β-unsaturated/α-hetero) is 1. The van der Waals surface area contributed by atoms with Crippen molar-refractivity contribution in [2.24, 2.45) is 0 Å². The number of aromatic nitrogens is 1. The number of carbonyl (C=O) groups is 2. The number of rotatable bonds is 5. The molecule has 0 unspecified atom stereocenters. The highest BCUT2D eigenvalue weighted by Crippen LogP contribution is 2.43. The normalized spacial score (nSPS) is 18.2. The molecule has 0 radical (unpaired) electrons. The first kappa shape index (κ1) is 18.0. The summed E-state index contributed by atoms with van der Waals surface area (Å²) in [6, 6.07) is 17.6. The summed E-state index contributed by atoms with van der Waals surface area (Å²) in [6.07, 6.45) is 1.09. The largest absolute Gasteiger partial charge is 0.375 e. The summed E-state index contributed by atoms with van der Waals surface area (Å²) in [4.78, 5) is 31.2. The molecule has 1 amide bonds. The molecule has 2 heterocycles. The third-order valence-electron chi connectivity index (χ3n) is 4.86. The molecule has 0 fully saturated rings. The second-order valence-electron chi connectivity index (χ2n) is 6.71. The smallest absolute Gasteiger partial charge is 0.264 e. The van der Waals surface area contributed by atoms with E-state index in [1.807, 2.05) is 0 Å². The molecule has 28 heavy (non-hydrogen) atoms. The molecular weight excluding hydrogens is 359 g/mol. The van der Waals surface area contributed by atoms with Crippen LogP contribution in [-0.4, -0.2) is 21.8 Å². The van der Waals surface area contributed by atoms with Crippen molar-refractivity contribution in [3.63, 3.8) is 0 Å². The van der Waals surface area contributed by atoms with Gasteiger partial charge >= 0.3 is 0 Å². The zero-order chi connectivity index (χ0) is 19.7. The fourth-order valence-corrected chi connectivity index (χ4v) is 3.46. The Hall–Kier alpha value is -3.38. The summed E-state index contributed by atoms with van der Waals surface area (Å²) in [6.45, 7) is 0.163. The Kier molecular flexibility index (Phi) is 4.49. The Balaban J connectivity index is 1.68. The van der Waals surface area contributed by atoms with Crippen LogP contribution in [0.4, 0.5) is 10.1 Å². The number of benzene rings is 2. The Morgan fingerprint density at radius 1 is 1.04 bits per heavy atom. The molecule has 0 spiro atoms. The van der Waals surface area contributed by atoms with E-state index in [1.54, 1.807) is 54.6 Å². The van der Waals surface area contributed by atoms with Crippen molar-refractivity contribution in [3.05, 3.63) is 95.6 Å². The van der Waals surface area contributed by atoms with E-state index in [2.05, 4.69) is 4.98 Å². The van der Waals surface area contributed by atoms with Gasteiger partial charge in [0.1, 0.15) is 11.5 Å². The number of carbonyl (C=O) groups excluding carboxylic acids is 2. The first-order valence-corrected chi connectivity index (χ1v) is 8.81. The molecule has 5 nitrogen and oxygen atoms in total. The van der Waals surface area contributed by atoms with Gasteiger partial charge in [0.2, 0.25) is 0 Å². The molecule has 1 N–H and O–H groups in total. The summed E-state index contributed by atoms with van der Waals surface area (Å²) in [7, 11) is 0. The van der Waals surface area contributed by atoms with Crippen LogP contribution < -0.4 is 4.90 Å². The van der Waals surface area contributed by atoms with Crippen LogP contribution in [0.2, 0.25) is 0 Å². The van der Waals surface area contributed by atoms with Crippen LogP contribution in [0, 0.1) is 5.82 Å². The minimum Gasteiger partial charge on any atom is -0.375 e. The maximum Gasteiger partial charge on any atom is 0.264 e. The van der Waals surface area contributed by atoms with Gasteiger partial charge in [0.25, 0.3) is 5.91 Å². The van der Waals surface area contributed by atoms with Crippen LogP contribution in [0.15, 0.2) is 72.9 Å². The topological polar surface area (TPSA) is 70.5 Å². The summed E-state index contributed by atoms with van der Waals surface area (Å²) >= 11 is 0. The first-order chi connectivity index (χ1) is 13.5. The second-order valence-corrected chi connectivity index (χ2v) is 6.71. The number of fused-ring (bicyclic) bond motifs is 1. The summed E-state index contributed by atoms with van der Waals surface area (Å²) < 4.78 is 13.2. The number of hydrogen-bond donors (Lipinski definition) is 1. The van der Waals surface area contributed by atoms with E-state index < -0.39 is 23.7 Å². The number of anilines is 1. The van der Waals surface area contributed by atoms with Crippen LogP contribution >= 0.6 is 0 Å². The summed E-state index contributed by atoms with van der Waals surface area (Å²) in [5.41, 5.74) is -0.145. The Morgan fingerprint density at radius 2 is 1.75 bits per heavy atom. The fourth-order valence-electron chi connectivity index (χ4n) is 3.46. The Morgan fingerprint density at radius 3 is 2.46 bits per heavy atom. The zero-order valence-corrected chi connectivity index (χ0v) is 14.9. The molecule has 1 aliphatic rings. The van der Waals surface area contributed by atoms with Gasteiger partial charge in [0.15, 0.2) is 11.4 Å². The van der Waals surface area contributed by atoms with Gasteiger partial charge in [-0.05, 0) is 35.9 Å². The van der Waals surface area contributed by atoms with Gasteiger partial charge in [-0.25, -0.2) is 4.39 Å². The van der Waals surface area contributed by atoms with E-state index in [9.17, 15) is 19.1 Å². The monoisotopic (exact) mass is 376 g/mol. The van der Waals surface area contributed by atoms with Crippen LogP contribution in [-0.2, 0) is 16.9 Å². The number of para-hydroxylation sites is 1. The average molecular weight is 376 g/mol. The molecule has 0 aliphatic carbocycles. The SMILES string of the molecule is O=C(C[C@@]1(O)C(=O)N(Cc2ccc(F)cc2)c2ccccc21)c1ccccn1. The molecule has 140 valence electrons. The number of pyridine rings is 1. The number of hydrogen-bond acceptors (Lipinski definition) is 4. The standard InChI is InChI=1S/C22H17FN2O3/c23-16-10-8-15(9-11-16)14-25-19-7-2-1-5-17(19)22(28,21(25)27)13-20(26)18-6-3-4-12-24-18/h1-12,28H,13-14H2/t22-/m0/s1. The predicted octanol–water partition coefficient (Wildman–Crippen LogP) is 3.23. The van der Waals surface area contributed by atoms with Gasteiger partial charge in [-0.15, -0.1) is 0 Å². The van der Waals surface area contributed by atoms with Crippen molar-refractivity contribution in [1.29, 1.82) is 0 Å². The Labute approximate surface area is 161 Å². The van der Waals surface area contributed by atoms with Crippen LogP contribution in [0.1, 0.15) is 28.0 Å². The molecule has 0 saturated heterocycles. The van der Waals surface area contributed by atoms with Crippen LogP contribution in [0.3, 0.4) is 0 Å². The average Bonchev–Trinajstić information content (AvgIpc) is 2.92. The van der Waals surface area contributed by atoms with E-state index in [0.29, 0.717) is 16.8 Å². The molecule has 1 aromatic heterocycles. The highest BCUT2D eigenvalue weighted by atomic mass is 19.1. The first-order valence-electron chi connectivity index (χ1n) is 8.81. The van der Waals surface area contributed by atoms with Crippen molar-refractivity contribution >= 4 is 17.4 Å². The molecular formula is C22H17FN2O3. The number of ketones is 1. The third kappa shape index (κ3) is 3.08. The predicted molar refractivity (Wildman–Crippen MR) is 101 cm³/mol. The maximum absolute atomic E-state index is 13.2.